The zero-order valence-corrected chi connectivity index (χ0v) is 22.3. The first kappa shape index (κ1) is 27.4. The summed E-state index contributed by atoms with van der Waals surface area (Å²) in [4.78, 5) is 43.4. The second-order valence-corrected chi connectivity index (χ2v) is 9.83. The van der Waals surface area contributed by atoms with Gasteiger partial charge in [-0.05, 0) is 35.9 Å². The van der Waals surface area contributed by atoms with Crippen LogP contribution in [-0.2, 0) is 16.1 Å². The van der Waals surface area contributed by atoms with Crippen LogP contribution < -0.4 is 15.4 Å². The molecular formula is C27H31ClFN5O4. The minimum Gasteiger partial charge on any atom is -0.495 e. The number of fused-ring (bicyclic) bond motifs is 2. The van der Waals surface area contributed by atoms with Gasteiger partial charge in [-0.1, -0.05) is 23.7 Å². The predicted octanol–water partition coefficient (Wildman–Crippen LogP) is 3.20. The van der Waals surface area contributed by atoms with Gasteiger partial charge in [0, 0.05) is 64.0 Å². The SMILES string of the molecule is CNC(=O)N1CC2CN(Cc3ccc(F)cc3)CC(C1)N2C(=O)/C=C/c1cc(OC)c(Cl)cc1NC(C)=O. The maximum absolute atomic E-state index is 13.5. The summed E-state index contributed by atoms with van der Waals surface area (Å²) in [6.45, 7) is 3.92. The standard InChI is InChI=1S/C27H31ClFN5O4/c1-17(35)31-24-11-23(28)25(38-3)10-19(24)6-9-26(36)34-21-13-32(12-18-4-7-20(29)8-5-18)14-22(34)16-33(15-21)27(37)30-2/h4-11,21-22H,12-16H2,1-3H3,(H,30,37)(H,31,35)/b9-6+. The highest BCUT2D eigenvalue weighted by atomic mass is 35.5. The topological polar surface area (TPSA) is 94.2 Å². The van der Waals surface area contributed by atoms with E-state index in [1.165, 1.54) is 32.2 Å². The van der Waals surface area contributed by atoms with Gasteiger partial charge in [-0.25, -0.2) is 9.18 Å². The van der Waals surface area contributed by atoms with Gasteiger partial charge in [0.2, 0.25) is 11.8 Å². The molecule has 0 aliphatic carbocycles. The summed E-state index contributed by atoms with van der Waals surface area (Å²) in [6.07, 6.45) is 3.10. The van der Waals surface area contributed by atoms with Crippen molar-refractivity contribution in [1.29, 1.82) is 0 Å². The zero-order valence-electron chi connectivity index (χ0n) is 21.5. The molecule has 2 atom stereocenters. The van der Waals surface area contributed by atoms with Gasteiger partial charge >= 0.3 is 6.03 Å². The van der Waals surface area contributed by atoms with Crippen molar-refractivity contribution < 1.29 is 23.5 Å². The van der Waals surface area contributed by atoms with Crippen LogP contribution in [0.15, 0.2) is 42.5 Å². The summed E-state index contributed by atoms with van der Waals surface area (Å²) in [5, 5.41) is 5.74. The van der Waals surface area contributed by atoms with Crippen LogP contribution in [-0.4, -0.2) is 85.0 Å². The van der Waals surface area contributed by atoms with Crippen LogP contribution in [0.1, 0.15) is 18.1 Å². The minimum absolute atomic E-state index is 0.178. The number of hydrogen-bond donors (Lipinski definition) is 2. The van der Waals surface area contributed by atoms with E-state index in [0.29, 0.717) is 54.7 Å². The number of methoxy groups -OCH3 is 1. The maximum Gasteiger partial charge on any atom is 0.317 e. The molecule has 38 heavy (non-hydrogen) atoms. The van der Waals surface area contributed by atoms with E-state index < -0.39 is 0 Å². The number of nitrogens with one attached hydrogen (secondary N) is 2. The normalized spacial score (nSPS) is 19.4. The fourth-order valence-electron chi connectivity index (χ4n) is 5.09. The van der Waals surface area contributed by atoms with Crippen molar-refractivity contribution in [3.05, 3.63) is 64.4 Å². The van der Waals surface area contributed by atoms with Gasteiger partial charge in [-0.15, -0.1) is 0 Å². The quantitative estimate of drug-likeness (QED) is 0.546. The lowest BCUT2D eigenvalue weighted by atomic mass is 9.99. The molecule has 0 spiro atoms. The third-order valence-corrected chi connectivity index (χ3v) is 7.00. The van der Waals surface area contributed by atoms with Crippen molar-refractivity contribution in [3.8, 4) is 5.75 Å². The van der Waals surface area contributed by atoms with E-state index in [2.05, 4.69) is 15.5 Å². The van der Waals surface area contributed by atoms with Crippen molar-refractivity contribution in [1.82, 2.24) is 20.0 Å². The number of hydrogen-bond acceptors (Lipinski definition) is 5. The van der Waals surface area contributed by atoms with Gasteiger partial charge in [0.25, 0.3) is 0 Å². The molecule has 2 heterocycles. The van der Waals surface area contributed by atoms with E-state index in [-0.39, 0.29) is 35.7 Å². The summed E-state index contributed by atoms with van der Waals surface area (Å²) in [5.41, 5.74) is 2.01. The van der Waals surface area contributed by atoms with Crippen LogP contribution in [0.3, 0.4) is 0 Å². The van der Waals surface area contributed by atoms with Gasteiger partial charge in [-0.3, -0.25) is 14.5 Å². The first-order valence-electron chi connectivity index (χ1n) is 12.3. The van der Waals surface area contributed by atoms with E-state index in [9.17, 15) is 18.8 Å². The summed E-state index contributed by atoms with van der Waals surface area (Å²) in [6, 6.07) is 9.00. The second kappa shape index (κ2) is 11.8. The molecule has 2 fully saturated rings. The fourth-order valence-corrected chi connectivity index (χ4v) is 5.33. The molecule has 9 nitrogen and oxygen atoms in total. The Kier molecular flexibility index (Phi) is 8.53. The Labute approximate surface area is 226 Å². The number of nitrogens with zero attached hydrogens (tertiary/aromatic N) is 3. The largest absolute Gasteiger partial charge is 0.495 e. The number of piperazine rings is 2. The number of carbonyl (C=O) groups excluding carboxylic acids is 3. The molecule has 11 heteroatoms. The van der Waals surface area contributed by atoms with Crippen LogP contribution in [0.5, 0.6) is 5.75 Å². The molecule has 0 saturated carbocycles. The third kappa shape index (κ3) is 6.25. The molecule has 2 bridgehead atoms. The molecule has 2 unspecified atom stereocenters. The Morgan fingerprint density at radius 3 is 2.34 bits per heavy atom. The van der Waals surface area contributed by atoms with E-state index in [0.717, 1.165) is 5.56 Å². The Hall–Kier alpha value is -3.63. The molecule has 0 radical (unpaired) electrons. The van der Waals surface area contributed by atoms with Crippen LogP contribution >= 0.6 is 11.6 Å². The van der Waals surface area contributed by atoms with Gasteiger partial charge < -0.3 is 25.2 Å². The average Bonchev–Trinajstić information content (AvgIpc) is 2.87. The zero-order chi connectivity index (χ0) is 27.4. The number of halogens is 2. The number of amides is 4. The number of benzene rings is 2. The highest BCUT2D eigenvalue weighted by Gasteiger charge is 2.43. The van der Waals surface area contributed by atoms with E-state index in [1.54, 1.807) is 42.3 Å². The Morgan fingerprint density at radius 2 is 1.76 bits per heavy atom. The van der Waals surface area contributed by atoms with Crippen molar-refractivity contribution in [2.75, 3.05) is 45.7 Å². The molecule has 2 N–H and O–H groups in total. The molecule has 0 aromatic heterocycles. The summed E-state index contributed by atoms with van der Waals surface area (Å²) < 4.78 is 18.6. The monoisotopic (exact) mass is 543 g/mol. The highest BCUT2D eigenvalue weighted by molar-refractivity contribution is 6.32. The smallest absolute Gasteiger partial charge is 0.317 e. The second-order valence-electron chi connectivity index (χ2n) is 9.42. The lowest BCUT2D eigenvalue weighted by molar-refractivity contribution is -0.139. The Bertz CT molecular complexity index is 1220. The van der Waals surface area contributed by atoms with Gasteiger partial charge in [0.05, 0.1) is 24.2 Å². The van der Waals surface area contributed by atoms with Crippen molar-refractivity contribution in [2.24, 2.45) is 0 Å². The first-order chi connectivity index (χ1) is 18.2. The molecule has 4 rings (SSSR count). The molecule has 2 aromatic rings. The first-order valence-corrected chi connectivity index (χ1v) is 12.6. The third-order valence-electron chi connectivity index (χ3n) is 6.70. The van der Waals surface area contributed by atoms with Crippen LogP contribution in [0, 0.1) is 5.82 Å². The number of anilines is 1. The van der Waals surface area contributed by atoms with Crippen LogP contribution in [0.2, 0.25) is 5.02 Å². The molecule has 202 valence electrons. The molecule has 2 aliphatic heterocycles. The lowest BCUT2D eigenvalue weighted by Crippen LogP contribution is -2.70. The van der Waals surface area contributed by atoms with E-state index >= 15 is 0 Å². The Morgan fingerprint density at radius 1 is 1.11 bits per heavy atom. The number of rotatable bonds is 6. The molecule has 2 aromatic carbocycles. The predicted molar refractivity (Wildman–Crippen MR) is 143 cm³/mol. The van der Waals surface area contributed by atoms with Crippen molar-refractivity contribution >= 4 is 41.2 Å². The van der Waals surface area contributed by atoms with Gasteiger partial charge in [-0.2, -0.15) is 0 Å². The van der Waals surface area contributed by atoms with Crippen molar-refractivity contribution in [2.45, 2.75) is 25.6 Å². The fraction of sp³-hybridized carbons (Fsp3) is 0.370. The Balaban J connectivity index is 1.56. The number of ether oxygens (including phenoxy) is 1. The average molecular weight is 544 g/mol. The van der Waals surface area contributed by atoms with Crippen LogP contribution in [0.25, 0.3) is 6.08 Å². The lowest BCUT2D eigenvalue weighted by Gasteiger charge is -2.52. The molecule has 2 saturated heterocycles. The summed E-state index contributed by atoms with van der Waals surface area (Å²) in [5.74, 6) is -0.330. The minimum atomic E-state index is -0.283. The van der Waals surface area contributed by atoms with E-state index in [4.69, 9.17) is 16.3 Å². The van der Waals surface area contributed by atoms with Gasteiger partial charge in [0.1, 0.15) is 11.6 Å². The molecule has 4 amide bonds. The highest BCUT2D eigenvalue weighted by Crippen LogP contribution is 2.32. The van der Waals surface area contributed by atoms with Gasteiger partial charge in [0.15, 0.2) is 0 Å². The summed E-state index contributed by atoms with van der Waals surface area (Å²) >= 11 is 6.23. The van der Waals surface area contributed by atoms with E-state index in [1.807, 2.05) is 4.90 Å². The molecular weight excluding hydrogens is 513 g/mol. The van der Waals surface area contributed by atoms with Crippen LogP contribution in [0.4, 0.5) is 14.9 Å². The molecule has 2 aliphatic rings. The maximum atomic E-state index is 13.5. The number of carbonyl (C=O) groups is 3. The van der Waals surface area contributed by atoms with Crippen molar-refractivity contribution in [3.63, 3.8) is 0 Å². The summed E-state index contributed by atoms with van der Waals surface area (Å²) in [7, 11) is 3.08. The number of urea groups is 1.